The van der Waals surface area contributed by atoms with Crippen LogP contribution in [0.15, 0.2) is 48.9 Å². The maximum atomic E-state index is 12.9. The van der Waals surface area contributed by atoms with Gasteiger partial charge < -0.3 is 20.1 Å². The van der Waals surface area contributed by atoms with E-state index in [9.17, 15) is 4.79 Å². The SMILES string of the molecule is COCCN(CCOC)C(=O)CN1CCC(n2cc(-c3cnc(N)c(-c4nc5ccccc5s4)c3)cn2)CC1. The molecule has 1 aromatic carbocycles. The van der Waals surface area contributed by atoms with E-state index in [0.29, 0.717) is 38.7 Å². The highest BCUT2D eigenvalue weighted by Gasteiger charge is 2.25. The fourth-order valence-electron chi connectivity index (χ4n) is 4.88. The van der Waals surface area contributed by atoms with Crippen molar-refractivity contribution in [2.45, 2.75) is 18.9 Å². The lowest BCUT2D eigenvalue weighted by Crippen LogP contribution is -2.45. The van der Waals surface area contributed by atoms with Gasteiger partial charge in [-0.15, -0.1) is 11.3 Å². The van der Waals surface area contributed by atoms with Gasteiger partial charge in [-0.25, -0.2) is 9.97 Å². The second kappa shape index (κ2) is 12.6. The molecule has 0 bridgehead atoms. The van der Waals surface area contributed by atoms with E-state index in [-0.39, 0.29) is 11.9 Å². The molecule has 4 heterocycles. The third-order valence-corrected chi connectivity index (χ3v) is 8.22. The number of thiazole rings is 1. The molecule has 1 aliphatic rings. The number of para-hydroxylation sites is 1. The number of piperidine rings is 1. The van der Waals surface area contributed by atoms with Crippen LogP contribution in [0.4, 0.5) is 5.82 Å². The van der Waals surface area contributed by atoms with Crippen molar-refractivity contribution >= 4 is 33.3 Å². The zero-order valence-electron chi connectivity index (χ0n) is 22.5. The number of hydrogen-bond acceptors (Lipinski definition) is 9. The van der Waals surface area contributed by atoms with E-state index >= 15 is 0 Å². The molecule has 0 radical (unpaired) electrons. The van der Waals surface area contributed by atoms with Crippen LogP contribution in [-0.2, 0) is 14.3 Å². The Morgan fingerprint density at radius 1 is 1.10 bits per heavy atom. The first-order valence-electron chi connectivity index (χ1n) is 13.2. The van der Waals surface area contributed by atoms with E-state index in [1.807, 2.05) is 34.0 Å². The van der Waals surface area contributed by atoms with Crippen LogP contribution in [0, 0.1) is 0 Å². The lowest BCUT2D eigenvalue weighted by Gasteiger charge is -2.33. The van der Waals surface area contributed by atoms with Crippen molar-refractivity contribution in [1.82, 2.24) is 29.5 Å². The van der Waals surface area contributed by atoms with Gasteiger partial charge in [-0.3, -0.25) is 14.4 Å². The smallest absolute Gasteiger partial charge is 0.236 e. The molecule has 10 nitrogen and oxygen atoms in total. The average Bonchev–Trinajstić information content (AvgIpc) is 3.62. The zero-order chi connectivity index (χ0) is 27.2. The van der Waals surface area contributed by atoms with Crippen LogP contribution in [0.25, 0.3) is 31.9 Å². The predicted octanol–water partition coefficient (Wildman–Crippen LogP) is 3.56. The number of rotatable bonds is 11. The Balaban J connectivity index is 1.21. The van der Waals surface area contributed by atoms with E-state index in [0.717, 1.165) is 57.8 Å². The largest absolute Gasteiger partial charge is 0.383 e. The summed E-state index contributed by atoms with van der Waals surface area (Å²) in [5.41, 5.74) is 10.00. The Bertz CT molecular complexity index is 1360. The highest BCUT2D eigenvalue weighted by Crippen LogP contribution is 2.35. The van der Waals surface area contributed by atoms with Gasteiger partial charge in [0.15, 0.2) is 0 Å². The lowest BCUT2D eigenvalue weighted by atomic mass is 10.0. The van der Waals surface area contributed by atoms with Crippen LogP contribution in [0.3, 0.4) is 0 Å². The molecule has 39 heavy (non-hydrogen) atoms. The van der Waals surface area contributed by atoms with Crippen molar-refractivity contribution in [1.29, 1.82) is 0 Å². The molecule has 0 atom stereocenters. The Hall–Kier alpha value is -3.38. The topological polar surface area (TPSA) is 112 Å². The second-order valence-electron chi connectivity index (χ2n) is 9.73. The van der Waals surface area contributed by atoms with Crippen LogP contribution in [0.5, 0.6) is 0 Å². The van der Waals surface area contributed by atoms with Gasteiger partial charge in [0.05, 0.1) is 47.8 Å². The molecule has 0 spiro atoms. The summed E-state index contributed by atoms with van der Waals surface area (Å²) in [6, 6.07) is 10.4. The van der Waals surface area contributed by atoms with Crippen molar-refractivity contribution in [2.24, 2.45) is 0 Å². The number of aromatic nitrogens is 4. The minimum Gasteiger partial charge on any atom is -0.383 e. The summed E-state index contributed by atoms with van der Waals surface area (Å²) in [5, 5.41) is 5.54. The van der Waals surface area contributed by atoms with Crippen LogP contribution >= 0.6 is 11.3 Å². The van der Waals surface area contributed by atoms with Gasteiger partial charge in [0.1, 0.15) is 10.8 Å². The van der Waals surface area contributed by atoms with Gasteiger partial charge in [0.2, 0.25) is 5.91 Å². The molecular formula is C28H35N7O3S. The number of fused-ring (bicyclic) bond motifs is 1. The molecule has 11 heteroatoms. The number of methoxy groups -OCH3 is 2. The second-order valence-corrected chi connectivity index (χ2v) is 10.8. The van der Waals surface area contributed by atoms with Crippen LogP contribution in [-0.4, -0.2) is 95.6 Å². The van der Waals surface area contributed by atoms with Gasteiger partial charge in [0.25, 0.3) is 0 Å². The van der Waals surface area contributed by atoms with Gasteiger partial charge in [-0.2, -0.15) is 5.10 Å². The minimum absolute atomic E-state index is 0.115. The lowest BCUT2D eigenvalue weighted by molar-refractivity contribution is -0.134. The zero-order valence-corrected chi connectivity index (χ0v) is 23.3. The highest BCUT2D eigenvalue weighted by atomic mass is 32.1. The molecule has 4 aromatic rings. The molecule has 0 unspecified atom stereocenters. The summed E-state index contributed by atoms with van der Waals surface area (Å²) in [4.78, 5) is 26.1. The standard InChI is InChI=1S/C28H35N7O3S/c1-37-13-11-34(12-14-38-2)26(36)19-33-9-7-22(8-10-33)35-18-21(17-31-35)20-15-23(27(29)30-16-20)28-32-24-5-3-4-6-25(24)39-28/h3-6,15-18,22H,7-14,19H2,1-2H3,(H2,29,30). The van der Waals surface area contributed by atoms with Crippen molar-refractivity contribution < 1.29 is 14.3 Å². The van der Waals surface area contributed by atoms with E-state index in [1.54, 1.807) is 31.8 Å². The maximum absolute atomic E-state index is 12.9. The molecule has 1 aliphatic heterocycles. The monoisotopic (exact) mass is 549 g/mol. The van der Waals surface area contributed by atoms with E-state index in [4.69, 9.17) is 20.2 Å². The first-order chi connectivity index (χ1) is 19.1. The van der Waals surface area contributed by atoms with Gasteiger partial charge in [-0.1, -0.05) is 12.1 Å². The van der Waals surface area contributed by atoms with Crippen molar-refractivity contribution in [2.75, 3.05) is 65.9 Å². The number of anilines is 1. The Morgan fingerprint density at radius 2 is 1.85 bits per heavy atom. The van der Waals surface area contributed by atoms with Crippen molar-refractivity contribution in [3.05, 3.63) is 48.9 Å². The van der Waals surface area contributed by atoms with Crippen molar-refractivity contribution in [3.63, 3.8) is 0 Å². The number of amides is 1. The fraction of sp³-hybridized carbons (Fsp3) is 0.429. The number of likely N-dealkylation sites (tertiary alicyclic amines) is 1. The molecule has 1 saturated heterocycles. The van der Waals surface area contributed by atoms with Crippen LogP contribution in [0.2, 0.25) is 0 Å². The predicted molar refractivity (Wildman–Crippen MR) is 154 cm³/mol. The summed E-state index contributed by atoms with van der Waals surface area (Å²) < 4.78 is 13.5. The molecule has 3 aromatic heterocycles. The van der Waals surface area contributed by atoms with E-state index < -0.39 is 0 Å². The number of nitrogens with two attached hydrogens (primary N) is 1. The molecule has 5 rings (SSSR count). The summed E-state index contributed by atoms with van der Waals surface area (Å²) in [7, 11) is 3.30. The number of nitrogen functional groups attached to an aromatic ring is 1. The summed E-state index contributed by atoms with van der Waals surface area (Å²) >= 11 is 1.61. The highest BCUT2D eigenvalue weighted by molar-refractivity contribution is 7.21. The number of nitrogens with zero attached hydrogens (tertiary/aromatic N) is 6. The summed E-state index contributed by atoms with van der Waals surface area (Å²) in [6.45, 7) is 4.29. The molecule has 1 amide bonds. The Labute approximate surface area is 232 Å². The minimum atomic E-state index is 0.115. The van der Waals surface area contributed by atoms with Gasteiger partial charge in [-0.05, 0) is 31.0 Å². The Morgan fingerprint density at radius 3 is 2.56 bits per heavy atom. The number of benzene rings is 1. The van der Waals surface area contributed by atoms with Gasteiger partial charge >= 0.3 is 0 Å². The first-order valence-corrected chi connectivity index (χ1v) is 14.0. The number of pyridine rings is 1. The maximum Gasteiger partial charge on any atom is 0.236 e. The third kappa shape index (κ3) is 6.44. The number of ether oxygens (including phenoxy) is 2. The summed E-state index contributed by atoms with van der Waals surface area (Å²) in [5.74, 6) is 0.582. The quantitative estimate of drug-likeness (QED) is 0.302. The molecule has 1 fully saturated rings. The fourth-order valence-corrected chi connectivity index (χ4v) is 5.87. The number of hydrogen-bond donors (Lipinski definition) is 1. The Kier molecular flexibility index (Phi) is 8.82. The molecular weight excluding hydrogens is 514 g/mol. The van der Waals surface area contributed by atoms with E-state index in [1.165, 1.54) is 0 Å². The van der Waals surface area contributed by atoms with E-state index in [2.05, 4.69) is 33.3 Å². The van der Waals surface area contributed by atoms with Crippen LogP contribution < -0.4 is 5.73 Å². The number of carbonyl (C=O) groups is 1. The molecule has 0 aliphatic carbocycles. The third-order valence-electron chi connectivity index (χ3n) is 7.15. The normalized spacial score (nSPS) is 14.7. The van der Waals surface area contributed by atoms with Crippen molar-refractivity contribution in [3.8, 4) is 21.7 Å². The van der Waals surface area contributed by atoms with Crippen LogP contribution in [0.1, 0.15) is 18.9 Å². The van der Waals surface area contributed by atoms with Gasteiger partial charge in [0, 0.05) is 63.9 Å². The average molecular weight is 550 g/mol. The molecule has 0 saturated carbocycles. The molecule has 2 N–H and O–H groups in total. The number of carbonyl (C=O) groups excluding carboxylic acids is 1. The first kappa shape index (κ1) is 27.2. The summed E-state index contributed by atoms with van der Waals surface area (Å²) in [6.07, 6.45) is 7.62. The molecule has 206 valence electrons.